The molecular formula is C16H22BrN3. The second kappa shape index (κ2) is 7.04. The summed E-state index contributed by atoms with van der Waals surface area (Å²) in [6.07, 6.45) is 5.90. The van der Waals surface area contributed by atoms with E-state index in [4.69, 9.17) is 0 Å². The van der Waals surface area contributed by atoms with Crippen LogP contribution < -0.4 is 5.32 Å². The van der Waals surface area contributed by atoms with Crippen molar-refractivity contribution in [2.24, 2.45) is 7.05 Å². The molecule has 1 aromatic heterocycles. The number of hydrogen-bond acceptors (Lipinski definition) is 2. The van der Waals surface area contributed by atoms with Crippen LogP contribution in [-0.4, -0.2) is 16.1 Å². The lowest BCUT2D eigenvalue weighted by atomic mass is 10.00. The first-order chi connectivity index (χ1) is 9.61. The van der Waals surface area contributed by atoms with Gasteiger partial charge >= 0.3 is 0 Å². The van der Waals surface area contributed by atoms with E-state index >= 15 is 0 Å². The molecule has 1 heterocycles. The van der Waals surface area contributed by atoms with E-state index in [-0.39, 0.29) is 0 Å². The van der Waals surface area contributed by atoms with E-state index in [0.717, 1.165) is 25.2 Å². The van der Waals surface area contributed by atoms with E-state index in [1.807, 2.05) is 19.4 Å². The van der Waals surface area contributed by atoms with Crippen molar-refractivity contribution >= 4 is 15.9 Å². The lowest BCUT2D eigenvalue weighted by Gasteiger charge is -2.19. The number of rotatable bonds is 6. The zero-order valence-corrected chi connectivity index (χ0v) is 13.9. The van der Waals surface area contributed by atoms with Crippen LogP contribution in [0.2, 0.25) is 0 Å². The summed E-state index contributed by atoms with van der Waals surface area (Å²) in [6, 6.07) is 6.97. The van der Waals surface area contributed by atoms with Crippen molar-refractivity contribution in [2.75, 3.05) is 6.54 Å². The van der Waals surface area contributed by atoms with Gasteiger partial charge in [-0.3, -0.25) is 0 Å². The first-order valence-electron chi connectivity index (χ1n) is 7.07. The molecule has 0 spiro atoms. The normalized spacial score (nSPS) is 12.6. The van der Waals surface area contributed by atoms with Crippen molar-refractivity contribution in [1.29, 1.82) is 0 Å². The Bertz CT molecular complexity index is 563. The predicted octanol–water partition coefficient (Wildman–Crippen LogP) is 3.77. The number of aromatic nitrogens is 2. The van der Waals surface area contributed by atoms with Crippen LogP contribution in [0, 0.1) is 6.92 Å². The number of aryl methyl sites for hydroxylation is 3. The van der Waals surface area contributed by atoms with Gasteiger partial charge in [0, 0.05) is 36.4 Å². The Hall–Kier alpha value is -1.13. The molecule has 1 N–H and O–H groups in total. The van der Waals surface area contributed by atoms with Crippen molar-refractivity contribution in [3.63, 3.8) is 0 Å². The molecule has 4 heteroatoms. The molecule has 0 fully saturated rings. The highest BCUT2D eigenvalue weighted by molar-refractivity contribution is 9.10. The molecule has 1 aromatic carbocycles. The summed E-state index contributed by atoms with van der Waals surface area (Å²) < 4.78 is 3.26. The number of nitrogens with zero attached hydrogens (tertiary/aromatic N) is 2. The molecule has 0 aliphatic carbocycles. The van der Waals surface area contributed by atoms with E-state index in [0.29, 0.717) is 6.04 Å². The SMILES string of the molecule is CCNC(CCc1nccn1C)c1ccc(Br)c(C)c1. The van der Waals surface area contributed by atoms with Gasteiger partial charge in [-0.2, -0.15) is 0 Å². The number of benzene rings is 1. The number of hydrogen-bond donors (Lipinski definition) is 1. The summed E-state index contributed by atoms with van der Waals surface area (Å²) in [5.41, 5.74) is 2.63. The number of nitrogens with one attached hydrogen (secondary N) is 1. The maximum Gasteiger partial charge on any atom is 0.108 e. The van der Waals surface area contributed by atoms with Crippen LogP contribution in [0.15, 0.2) is 35.1 Å². The predicted molar refractivity (Wildman–Crippen MR) is 86.8 cm³/mol. The zero-order chi connectivity index (χ0) is 14.5. The third-order valence-corrected chi connectivity index (χ3v) is 4.50. The van der Waals surface area contributed by atoms with Gasteiger partial charge in [0.25, 0.3) is 0 Å². The zero-order valence-electron chi connectivity index (χ0n) is 12.4. The second-order valence-electron chi connectivity index (χ2n) is 5.11. The molecule has 2 aromatic rings. The lowest BCUT2D eigenvalue weighted by molar-refractivity contribution is 0.505. The third-order valence-electron chi connectivity index (χ3n) is 3.61. The third kappa shape index (κ3) is 3.70. The highest BCUT2D eigenvalue weighted by Crippen LogP contribution is 2.24. The molecule has 0 aliphatic rings. The van der Waals surface area contributed by atoms with Gasteiger partial charge in [0.1, 0.15) is 5.82 Å². The van der Waals surface area contributed by atoms with E-state index in [2.05, 4.69) is 62.8 Å². The average molecular weight is 336 g/mol. The molecule has 2 rings (SSSR count). The Balaban J connectivity index is 2.10. The average Bonchev–Trinajstić information content (AvgIpc) is 2.83. The monoisotopic (exact) mass is 335 g/mol. The largest absolute Gasteiger partial charge is 0.338 e. The van der Waals surface area contributed by atoms with Gasteiger partial charge in [-0.1, -0.05) is 35.0 Å². The van der Waals surface area contributed by atoms with Crippen molar-refractivity contribution < 1.29 is 0 Å². The van der Waals surface area contributed by atoms with Crippen LogP contribution in [0.25, 0.3) is 0 Å². The van der Waals surface area contributed by atoms with Gasteiger partial charge in [0.15, 0.2) is 0 Å². The van der Waals surface area contributed by atoms with E-state index < -0.39 is 0 Å². The quantitative estimate of drug-likeness (QED) is 0.870. The molecule has 0 bridgehead atoms. The van der Waals surface area contributed by atoms with E-state index in [1.54, 1.807) is 0 Å². The van der Waals surface area contributed by atoms with E-state index in [9.17, 15) is 0 Å². The van der Waals surface area contributed by atoms with Gasteiger partial charge < -0.3 is 9.88 Å². The van der Waals surface area contributed by atoms with Crippen molar-refractivity contribution in [2.45, 2.75) is 32.7 Å². The summed E-state index contributed by atoms with van der Waals surface area (Å²) in [7, 11) is 2.05. The van der Waals surface area contributed by atoms with Crippen LogP contribution in [0.4, 0.5) is 0 Å². The molecule has 0 aliphatic heterocycles. The standard InChI is InChI=1S/C16H22BrN3/c1-4-18-15(7-8-16-19-9-10-20(16)3)13-5-6-14(17)12(2)11-13/h5-6,9-11,15,18H,4,7-8H2,1-3H3. The van der Waals surface area contributed by atoms with Crippen molar-refractivity contribution in [3.8, 4) is 0 Å². The first-order valence-corrected chi connectivity index (χ1v) is 7.86. The molecule has 3 nitrogen and oxygen atoms in total. The highest BCUT2D eigenvalue weighted by Gasteiger charge is 2.12. The van der Waals surface area contributed by atoms with Crippen LogP contribution in [-0.2, 0) is 13.5 Å². The van der Waals surface area contributed by atoms with E-state index in [1.165, 1.54) is 15.6 Å². The summed E-state index contributed by atoms with van der Waals surface area (Å²) >= 11 is 3.56. The van der Waals surface area contributed by atoms with Crippen LogP contribution in [0.3, 0.4) is 0 Å². The molecule has 0 amide bonds. The summed E-state index contributed by atoms with van der Waals surface area (Å²) in [4.78, 5) is 4.40. The summed E-state index contributed by atoms with van der Waals surface area (Å²) in [5, 5.41) is 3.58. The fourth-order valence-electron chi connectivity index (χ4n) is 2.43. The maximum atomic E-state index is 4.40. The Labute approximate surface area is 129 Å². The lowest BCUT2D eigenvalue weighted by Crippen LogP contribution is -2.22. The van der Waals surface area contributed by atoms with Crippen molar-refractivity contribution in [1.82, 2.24) is 14.9 Å². The van der Waals surface area contributed by atoms with Gasteiger partial charge in [0.2, 0.25) is 0 Å². The highest BCUT2D eigenvalue weighted by atomic mass is 79.9. The number of halogens is 1. The molecule has 0 saturated heterocycles. The minimum atomic E-state index is 0.378. The number of imidazole rings is 1. The molecule has 0 saturated carbocycles. The topological polar surface area (TPSA) is 29.9 Å². The second-order valence-corrected chi connectivity index (χ2v) is 5.97. The van der Waals surface area contributed by atoms with Crippen LogP contribution >= 0.6 is 15.9 Å². The first kappa shape index (κ1) is 15.3. The van der Waals surface area contributed by atoms with Gasteiger partial charge in [-0.15, -0.1) is 0 Å². The molecule has 0 radical (unpaired) electrons. The minimum absolute atomic E-state index is 0.378. The smallest absolute Gasteiger partial charge is 0.108 e. The Kier molecular flexibility index (Phi) is 5.38. The van der Waals surface area contributed by atoms with Crippen LogP contribution in [0.1, 0.15) is 36.3 Å². The van der Waals surface area contributed by atoms with Crippen molar-refractivity contribution in [3.05, 3.63) is 52.0 Å². The maximum absolute atomic E-state index is 4.40. The fraction of sp³-hybridized carbons (Fsp3) is 0.438. The fourth-order valence-corrected chi connectivity index (χ4v) is 2.68. The molecule has 108 valence electrons. The Morgan fingerprint density at radius 3 is 2.80 bits per heavy atom. The molecule has 1 atom stereocenters. The van der Waals surface area contributed by atoms with Gasteiger partial charge in [-0.25, -0.2) is 4.98 Å². The molecular weight excluding hydrogens is 314 g/mol. The van der Waals surface area contributed by atoms with Gasteiger partial charge in [0.05, 0.1) is 0 Å². The van der Waals surface area contributed by atoms with Gasteiger partial charge in [-0.05, 0) is 37.1 Å². The minimum Gasteiger partial charge on any atom is -0.338 e. The molecule has 20 heavy (non-hydrogen) atoms. The summed E-state index contributed by atoms with van der Waals surface area (Å²) in [5.74, 6) is 1.14. The Morgan fingerprint density at radius 2 is 2.20 bits per heavy atom. The summed E-state index contributed by atoms with van der Waals surface area (Å²) in [6.45, 7) is 5.26. The Morgan fingerprint density at radius 1 is 1.40 bits per heavy atom. The molecule has 1 unspecified atom stereocenters. The van der Waals surface area contributed by atoms with Crippen LogP contribution in [0.5, 0.6) is 0 Å².